The topological polar surface area (TPSA) is 11.4 Å². The molecule has 17 rings (SSSR count). The minimum Gasteiger partial charge on any atom is -0.313 e. The number of rotatable bonds is 10. The van der Waals surface area contributed by atoms with Crippen LogP contribution in [0.15, 0.2) is 303 Å². The lowest BCUT2D eigenvalue weighted by atomic mass is 9.33. The Labute approximate surface area is 602 Å². The van der Waals surface area contributed by atoms with Gasteiger partial charge in [0.1, 0.15) is 0 Å². The van der Waals surface area contributed by atoms with E-state index >= 15 is 0 Å². The summed E-state index contributed by atoms with van der Waals surface area (Å²) in [5.74, 6) is 0. The number of hydrogen-bond acceptors (Lipinski definition) is 2. The molecule has 0 N–H and O–H groups in total. The highest BCUT2D eigenvalue weighted by Gasteiger charge is 2.46. The molecule has 0 saturated heterocycles. The van der Waals surface area contributed by atoms with E-state index in [0.717, 1.165) is 34.0 Å². The second-order valence-electron chi connectivity index (χ2n) is 31.2. The summed E-state index contributed by atoms with van der Waals surface area (Å²) in [4.78, 5) is 5.36. The van der Waals surface area contributed by atoms with Crippen molar-refractivity contribution >= 4 is 95.7 Å². The van der Waals surface area contributed by atoms with E-state index in [1.807, 2.05) is 0 Å². The molecule has 2 aliphatic rings. The Hall–Kier alpha value is -11.5. The highest BCUT2D eigenvalue weighted by Crippen LogP contribution is 2.54. The van der Waals surface area contributed by atoms with Gasteiger partial charge in [0.25, 0.3) is 6.71 Å². The Kier molecular flexibility index (Phi) is 15.5. The molecule has 0 amide bonds. The fourth-order valence-electron chi connectivity index (χ4n) is 16.6. The van der Waals surface area contributed by atoms with Crippen molar-refractivity contribution in [2.75, 3.05) is 9.80 Å². The quantitative estimate of drug-likeness (QED) is 0.0999. The second-order valence-corrected chi connectivity index (χ2v) is 31.2. The normalized spacial score (nSPS) is 13.0. The Morgan fingerprint density at radius 2 is 0.735 bits per heavy atom. The fraction of sp³-hybridized carbons (Fsp3) is 0.143. The van der Waals surface area contributed by atoms with Crippen molar-refractivity contribution < 1.29 is 0 Å². The van der Waals surface area contributed by atoms with E-state index in [4.69, 9.17) is 0 Å². The third-order valence-corrected chi connectivity index (χ3v) is 21.8. The highest BCUT2D eigenvalue weighted by atomic mass is 15.2. The molecule has 2 aliphatic heterocycles. The third-order valence-electron chi connectivity index (χ3n) is 21.8. The predicted molar refractivity (Wildman–Crippen MR) is 440 cm³/mol. The van der Waals surface area contributed by atoms with Crippen molar-refractivity contribution in [2.24, 2.45) is 0 Å². The van der Waals surface area contributed by atoms with Crippen molar-refractivity contribution in [3.8, 4) is 72.4 Å². The first-order valence-electron chi connectivity index (χ1n) is 36.3. The van der Waals surface area contributed by atoms with Gasteiger partial charge >= 0.3 is 0 Å². The molecule has 0 atom stereocenters. The van der Waals surface area contributed by atoms with Gasteiger partial charge in [-0.3, -0.25) is 0 Å². The van der Waals surface area contributed by atoms with E-state index in [1.54, 1.807) is 0 Å². The van der Waals surface area contributed by atoms with E-state index in [0.29, 0.717) is 0 Å². The lowest BCUT2D eigenvalue weighted by molar-refractivity contribution is 0.590. The van der Waals surface area contributed by atoms with Crippen LogP contribution >= 0.6 is 0 Å². The predicted octanol–water partition coefficient (Wildman–Crippen LogP) is 25.3. The largest absolute Gasteiger partial charge is 0.313 e. The van der Waals surface area contributed by atoms with Crippen molar-refractivity contribution in [3.63, 3.8) is 0 Å². The molecular formula is C98H84BN3. The molecule has 0 aliphatic carbocycles. The average molecular weight is 1310 g/mol. The van der Waals surface area contributed by atoms with Gasteiger partial charge in [-0.15, -0.1) is 0 Å². The number of fused-ring (bicyclic) bond motifs is 7. The average Bonchev–Trinajstić information content (AvgIpc) is 0.717. The summed E-state index contributed by atoms with van der Waals surface area (Å²) in [5.41, 5.74) is 33.2. The Bertz CT molecular complexity index is 5780. The number of benzene rings is 14. The summed E-state index contributed by atoms with van der Waals surface area (Å²) in [7, 11) is 0. The van der Waals surface area contributed by atoms with Gasteiger partial charge in [-0.05, 0) is 207 Å². The highest BCUT2D eigenvalue weighted by molar-refractivity contribution is 7.00. The van der Waals surface area contributed by atoms with Gasteiger partial charge in [0, 0.05) is 56.2 Å². The van der Waals surface area contributed by atoms with Crippen LogP contribution in [0, 0.1) is 6.92 Å². The van der Waals surface area contributed by atoms with E-state index in [-0.39, 0.29) is 23.0 Å². The molecule has 4 heteroatoms. The molecule has 494 valence electrons. The lowest BCUT2D eigenvalue weighted by Crippen LogP contribution is -2.61. The molecule has 0 saturated carbocycles. The molecule has 15 aromatic rings. The number of para-hydroxylation sites is 1. The first-order chi connectivity index (χ1) is 49.4. The SMILES string of the molecule is C/C=C\c1c(C)n(-c2ccc3c(c2)N(c2ccc(C(C)(C)C)cc2-c2ccccc2)c2cc(C(C)(C)C)cc4c2B3c2ccc(-c3c5ccccc5c(-c5cc(-c6ccccc6)ccc5-c5ccccc5)c5ccccc35)cc2N4c2ccc(C(C)(C)C)cc2-c2ccccc2)c2ccccc12. The number of allylic oxidation sites excluding steroid dienone is 1. The zero-order chi connectivity index (χ0) is 69.9. The number of aromatic nitrogens is 1. The zero-order valence-electron chi connectivity index (χ0n) is 60.4. The van der Waals surface area contributed by atoms with Crippen LogP contribution in [0.4, 0.5) is 34.1 Å². The van der Waals surface area contributed by atoms with Crippen LogP contribution in [0.5, 0.6) is 0 Å². The van der Waals surface area contributed by atoms with E-state index in [9.17, 15) is 0 Å². The van der Waals surface area contributed by atoms with Crippen molar-refractivity contribution in [1.29, 1.82) is 0 Å². The van der Waals surface area contributed by atoms with E-state index in [1.165, 1.54) is 149 Å². The van der Waals surface area contributed by atoms with Crippen molar-refractivity contribution in [2.45, 2.75) is 92.4 Å². The minimum absolute atomic E-state index is 0.105. The summed E-state index contributed by atoms with van der Waals surface area (Å²) < 4.78 is 2.49. The van der Waals surface area contributed by atoms with Crippen molar-refractivity contribution in [1.82, 2.24) is 4.57 Å². The Morgan fingerprint density at radius 3 is 1.24 bits per heavy atom. The molecule has 102 heavy (non-hydrogen) atoms. The summed E-state index contributed by atoms with van der Waals surface area (Å²) in [6, 6.07) is 113. The first-order valence-corrected chi connectivity index (χ1v) is 36.3. The van der Waals surface area contributed by atoms with Gasteiger partial charge in [-0.1, -0.05) is 305 Å². The van der Waals surface area contributed by atoms with Gasteiger partial charge in [-0.2, -0.15) is 0 Å². The van der Waals surface area contributed by atoms with Crippen LogP contribution in [-0.4, -0.2) is 11.3 Å². The maximum atomic E-state index is 2.69. The van der Waals surface area contributed by atoms with E-state index < -0.39 is 0 Å². The zero-order valence-corrected chi connectivity index (χ0v) is 60.4. The molecule has 1 aromatic heterocycles. The maximum Gasteiger partial charge on any atom is 0.252 e. The molecule has 3 heterocycles. The van der Waals surface area contributed by atoms with E-state index in [2.05, 4.69) is 400 Å². The van der Waals surface area contributed by atoms with Crippen LogP contribution in [0.25, 0.3) is 111 Å². The van der Waals surface area contributed by atoms with Gasteiger partial charge in [-0.25, -0.2) is 0 Å². The van der Waals surface area contributed by atoms with Crippen molar-refractivity contribution in [3.05, 3.63) is 331 Å². The minimum atomic E-state index is -0.274. The van der Waals surface area contributed by atoms with Crippen LogP contribution in [0.3, 0.4) is 0 Å². The molecule has 0 fully saturated rings. The monoisotopic (exact) mass is 1310 g/mol. The Morgan fingerprint density at radius 1 is 0.304 bits per heavy atom. The smallest absolute Gasteiger partial charge is 0.252 e. The summed E-state index contributed by atoms with van der Waals surface area (Å²) in [6.07, 6.45) is 4.45. The molecule has 0 radical (unpaired) electrons. The van der Waals surface area contributed by atoms with Gasteiger partial charge in [0.2, 0.25) is 0 Å². The molecule has 0 spiro atoms. The van der Waals surface area contributed by atoms with Gasteiger partial charge in [0.15, 0.2) is 0 Å². The first kappa shape index (κ1) is 64.0. The van der Waals surface area contributed by atoms with Gasteiger partial charge < -0.3 is 14.4 Å². The standard InChI is InChI=1S/C98H84BN3/c1-12-31-74-63(2)100(86-45-30-29-40-76(74)86)73-50-53-85-90(62-73)102(88-55-49-71(97(6,7)8)59-82(88)67-38-23-16-24-39-67)92-61-72(98(9,10)11)60-91-95(92)99(85)84-52-47-69(57-89(84)101(91)87-54-48-70(96(3,4)5)58-81(87)66-36-21-15-22-37-66)93-77-41-25-27-43-79(77)94(80-44-28-26-42-78(80)93)83-56-68(64-32-17-13-18-33-64)46-51-75(83)65-34-19-14-20-35-65/h12-62H,1-11H3/b31-12-. The second kappa shape index (κ2) is 24.7. The number of hydrogen-bond donors (Lipinski definition) is 0. The molecule has 3 nitrogen and oxygen atoms in total. The molecule has 14 aromatic carbocycles. The Balaban J connectivity index is 0.993. The summed E-state index contributed by atoms with van der Waals surface area (Å²) in [5, 5.41) is 6.08. The number of anilines is 6. The lowest BCUT2D eigenvalue weighted by Gasteiger charge is -2.46. The van der Waals surface area contributed by atoms with Crippen LogP contribution < -0.4 is 26.2 Å². The molecular weight excluding hydrogens is 1230 g/mol. The van der Waals surface area contributed by atoms with Crippen LogP contribution in [0.2, 0.25) is 0 Å². The van der Waals surface area contributed by atoms with Crippen LogP contribution in [0.1, 0.15) is 97.2 Å². The summed E-state index contributed by atoms with van der Waals surface area (Å²) in [6.45, 7) is 25.4. The van der Waals surface area contributed by atoms with Crippen LogP contribution in [-0.2, 0) is 16.2 Å². The fourth-order valence-corrected chi connectivity index (χ4v) is 16.6. The van der Waals surface area contributed by atoms with Gasteiger partial charge in [0.05, 0.1) is 16.9 Å². The molecule has 0 unspecified atom stereocenters. The third kappa shape index (κ3) is 10.7. The number of nitrogens with zero attached hydrogens (tertiary/aromatic N) is 3. The molecule has 0 bridgehead atoms. The summed E-state index contributed by atoms with van der Waals surface area (Å²) >= 11 is 0. The maximum absolute atomic E-state index is 2.69.